The van der Waals surface area contributed by atoms with Crippen LogP contribution in [0.3, 0.4) is 0 Å². The van der Waals surface area contributed by atoms with Crippen molar-refractivity contribution in [3.05, 3.63) is 59.7 Å². The molecule has 0 bridgehead atoms. The van der Waals surface area contributed by atoms with Gasteiger partial charge in [-0.25, -0.2) is 4.79 Å². The van der Waals surface area contributed by atoms with E-state index in [0.29, 0.717) is 19.4 Å². The zero-order valence-electron chi connectivity index (χ0n) is 18.8. The van der Waals surface area contributed by atoms with E-state index in [4.69, 9.17) is 9.84 Å². The number of fused-ring (bicyclic) bond motifs is 3. The number of aliphatic carboxylic acids is 1. The van der Waals surface area contributed by atoms with Crippen molar-refractivity contribution >= 4 is 18.0 Å². The van der Waals surface area contributed by atoms with Crippen LogP contribution in [0.4, 0.5) is 4.79 Å². The van der Waals surface area contributed by atoms with Crippen molar-refractivity contribution < 1.29 is 24.2 Å². The lowest BCUT2D eigenvalue weighted by Crippen LogP contribution is -2.47. The first kappa shape index (κ1) is 22.8. The number of carbonyl (C=O) groups is 3. The predicted molar refractivity (Wildman–Crippen MR) is 124 cm³/mol. The summed E-state index contributed by atoms with van der Waals surface area (Å²) >= 11 is 0. The summed E-state index contributed by atoms with van der Waals surface area (Å²) < 4.78 is 5.58. The van der Waals surface area contributed by atoms with Crippen LogP contribution in [0.5, 0.6) is 0 Å². The number of nitrogens with one attached hydrogen (secondary N) is 2. The lowest BCUT2D eigenvalue weighted by atomic mass is 9.98. The van der Waals surface area contributed by atoms with E-state index in [1.807, 2.05) is 31.2 Å². The van der Waals surface area contributed by atoms with Crippen molar-refractivity contribution in [1.29, 1.82) is 0 Å². The second-order valence-corrected chi connectivity index (χ2v) is 8.85. The fourth-order valence-electron chi connectivity index (χ4n) is 4.59. The normalized spacial score (nSPS) is 19.2. The van der Waals surface area contributed by atoms with Crippen LogP contribution in [-0.4, -0.2) is 42.3 Å². The number of alkyl carbamates (subject to hydrolysis) is 1. The third-order valence-corrected chi connectivity index (χ3v) is 6.58. The second-order valence-electron chi connectivity index (χ2n) is 8.85. The molecule has 0 heterocycles. The van der Waals surface area contributed by atoms with Gasteiger partial charge in [-0.3, -0.25) is 9.59 Å². The third-order valence-electron chi connectivity index (χ3n) is 6.58. The molecule has 0 radical (unpaired) electrons. The minimum absolute atomic E-state index is 0.0345. The topological polar surface area (TPSA) is 105 Å². The molecule has 3 N–H and O–H groups in total. The fraction of sp³-hybridized carbons (Fsp3) is 0.423. The van der Waals surface area contributed by atoms with Gasteiger partial charge in [0, 0.05) is 12.5 Å². The number of carboxylic acid groups (broad SMARTS) is 1. The Morgan fingerprint density at radius 2 is 1.70 bits per heavy atom. The SMILES string of the molecule is CCCCC(NC(=O)OCC1c2ccccc2-c2ccccc21)C(=O)NC[C@H]1C[C@H]1C(=O)O. The maximum Gasteiger partial charge on any atom is 0.407 e. The van der Waals surface area contributed by atoms with Gasteiger partial charge in [0.05, 0.1) is 5.92 Å². The van der Waals surface area contributed by atoms with Gasteiger partial charge in [-0.2, -0.15) is 0 Å². The molecule has 2 aliphatic rings. The van der Waals surface area contributed by atoms with Gasteiger partial charge in [0.25, 0.3) is 0 Å². The molecule has 0 aliphatic heterocycles. The molecule has 7 nitrogen and oxygen atoms in total. The number of carboxylic acids is 1. The second kappa shape index (κ2) is 10.1. The minimum Gasteiger partial charge on any atom is -0.481 e. The van der Waals surface area contributed by atoms with Crippen LogP contribution in [-0.2, 0) is 14.3 Å². The molecule has 0 spiro atoms. The quantitative estimate of drug-likeness (QED) is 0.509. The Hall–Kier alpha value is -3.35. The molecule has 0 aromatic heterocycles. The number of rotatable bonds is 10. The van der Waals surface area contributed by atoms with Crippen molar-refractivity contribution in [2.45, 2.75) is 44.6 Å². The summed E-state index contributed by atoms with van der Waals surface area (Å²) in [7, 11) is 0. The summed E-state index contributed by atoms with van der Waals surface area (Å²) in [5, 5.41) is 14.5. The van der Waals surface area contributed by atoms with E-state index in [1.54, 1.807) is 0 Å². The van der Waals surface area contributed by atoms with E-state index in [-0.39, 0.29) is 30.3 Å². The standard InChI is InChI=1S/C26H30N2O5/c1-2-3-12-23(24(29)27-14-16-13-21(16)25(30)31)28-26(32)33-15-22-19-10-6-4-8-17(19)18-9-5-7-11-20(18)22/h4-11,16,21-23H,2-3,12-15H2,1H3,(H,27,29)(H,28,32)(H,30,31)/t16-,21-,23?/m1/s1. The highest BCUT2D eigenvalue weighted by Gasteiger charge is 2.43. The fourth-order valence-corrected chi connectivity index (χ4v) is 4.59. The molecule has 4 rings (SSSR count). The molecule has 2 aromatic rings. The largest absolute Gasteiger partial charge is 0.481 e. The van der Waals surface area contributed by atoms with Crippen LogP contribution >= 0.6 is 0 Å². The maximum atomic E-state index is 12.7. The summed E-state index contributed by atoms with van der Waals surface area (Å²) in [6.45, 7) is 2.51. The maximum absolute atomic E-state index is 12.7. The Labute approximate surface area is 193 Å². The van der Waals surface area contributed by atoms with Gasteiger partial charge in [0.1, 0.15) is 12.6 Å². The van der Waals surface area contributed by atoms with Gasteiger partial charge in [-0.1, -0.05) is 68.3 Å². The molecule has 2 aromatic carbocycles. The van der Waals surface area contributed by atoms with Crippen molar-refractivity contribution in [2.75, 3.05) is 13.2 Å². The molecular weight excluding hydrogens is 420 g/mol. The molecule has 2 amide bonds. The van der Waals surface area contributed by atoms with Crippen LogP contribution in [0.25, 0.3) is 11.1 Å². The Kier molecular flexibility index (Phi) is 6.96. The molecule has 1 saturated carbocycles. The van der Waals surface area contributed by atoms with Gasteiger partial charge in [0.15, 0.2) is 0 Å². The number of unbranched alkanes of at least 4 members (excludes halogenated alkanes) is 1. The first-order valence-electron chi connectivity index (χ1n) is 11.6. The summed E-state index contributed by atoms with van der Waals surface area (Å²) in [5.74, 6) is -1.59. The first-order chi connectivity index (χ1) is 16.0. The molecule has 1 unspecified atom stereocenters. The smallest absolute Gasteiger partial charge is 0.407 e. The Morgan fingerprint density at radius 1 is 1.06 bits per heavy atom. The highest BCUT2D eigenvalue weighted by atomic mass is 16.5. The lowest BCUT2D eigenvalue weighted by molar-refractivity contribution is -0.139. The van der Waals surface area contributed by atoms with Crippen LogP contribution in [0.15, 0.2) is 48.5 Å². The number of carbonyl (C=O) groups excluding carboxylic acids is 2. The number of hydrogen-bond donors (Lipinski definition) is 3. The van der Waals surface area contributed by atoms with Gasteiger partial charge in [0.2, 0.25) is 5.91 Å². The first-order valence-corrected chi connectivity index (χ1v) is 11.6. The molecule has 1 fully saturated rings. The summed E-state index contributed by atoms with van der Waals surface area (Å²) in [4.78, 5) is 36.2. The van der Waals surface area contributed by atoms with E-state index in [2.05, 4.69) is 34.9 Å². The predicted octanol–water partition coefficient (Wildman–Crippen LogP) is 3.92. The highest BCUT2D eigenvalue weighted by Crippen LogP contribution is 2.44. The average Bonchev–Trinajstić information content (AvgIpc) is 3.54. The van der Waals surface area contributed by atoms with Crippen molar-refractivity contribution in [3.63, 3.8) is 0 Å². The van der Waals surface area contributed by atoms with Crippen LogP contribution in [0.1, 0.15) is 49.7 Å². The molecule has 0 saturated heterocycles. The van der Waals surface area contributed by atoms with Gasteiger partial charge >= 0.3 is 12.1 Å². The molecule has 33 heavy (non-hydrogen) atoms. The van der Waals surface area contributed by atoms with Crippen LogP contribution < -0.4 is 10.6 Å². The van der Waals surface area contributed by atoms with E-state index < -0.39 is 18.1 Å². The molecule has 174 valence electrons. The van der Waals surface area contributed by atoms with E-state index in [0.717, 1.165) is 35.1 Å². The van der Waals surface area contributed by atoms with Crippen LogP contribution in [0.2, 0.25) is 0 Å². The van der Waals surface area contributed by atoms with Gasteiger partial charge in [-0.05, 0) is 41.0 Å². The highest BCUT2D eigenvalue weighted by molar-refractivity contribution is 5.86. The third kappa shape index (κ3) is 5.18. The van der Waals surface area contributed by atoms with Gasteiger partial charge < -0.3 is 20.5 Å². The Morgan fingerprint density at radius 3 is 2.27 bits per heavy atom. The molecule has 7 heteroatoms. The van der Waals surface area contributed by atoms with Crippen molar-refractivity contribution in [2.24, 2.45) is 11.8 Å². The molecular formula is C26H30N2O5. The van der Waals surface area contributed by atoms with Crippen molar-refractivity contribution in [3.8, 4) is 11.1 Å². The Bertz CT molecular complexity index is 991. The van der Waals surface area contributed by atoms with Gasteiger partial charge in [-0.15, -0.1) is 0 Å². The minimum atomic E-state index is -0.825. The number of ether oxygens (including phenoxy) is 1. The number of benzene rings is 2. The van der Waals surface area contributed by atoms with E-state index >= 15 is 0 Å². The molecule has 3 atom stereocenters. The summed E-state index contributed by atoms with van der Waals surface area (Å²) in [6.07, 6.45) is 2.13. The van der Waals surface area contributed by atoms with Crippen molar-refractivity contribution in [1.82, 2.24) is 10.6 Å². The van der Waals surface area contributed by atoms with E-state index in [1.165, 1.54) is 0 Å². The zero-order chi connectivity index (χ0) is 23.4. The van der Waals surface area contributed by atoms with E-state index in [9.17, 15) is 14.4 Å². The Balaban J connectivity index is 1.34. The summed E-state index contributed by atoms with van der Waals surface area (Å²) in [5.41, 5.74) is 4.57. The molecule has 2 aliphatic carbocycles. The summed E-state index contributed by atoms with van der Waals surface area (Å²) in [6, 6.07) is 15.5. The lowest BCUT2D eigenvalue weighted by Gasteiger charge is -2.19. The zero-order valence-corrected chi connectivity index (χ0v) is 18.8. The monoisotopic (exact) mass is 450 g/mol. The number of hydrogen-bond acceptors (Lipinski definition) is 4. The average molecular weight is 451 g/mol. The number of amides is 2. The van der Waals surface area contributed by atoms with Crippen LogP contribution in [0, 0.1) is 11.8 Å².